The molecule has 0 saturated heterocycles. The molecule has 7 heteroatoms. The Morgan fingerprint density at radius 3 is 2.00 bits per heavy atom. The lowest BCUT2D eigenvalue weighted by Crippen LogP contribution is -2.30. The third kappa shape index (κ3) is 7.39. The maximum atomic E-state index is 11.0. The monoisotopic (exact) mass is 323 g/mol. The molecule has 128 valence electrons. The van der Waals surface area contributed by atoms with Crippen LogP contribution in [0.4, 0.5) is 5.69 Å². The number of nitro benzene ring substituents is 1. The van der Waals surface area contributed by atoms with Gasteiger partial charge in [0, 0.05) is 45.6 Å². The van der Waals surface area contributed by atoms with Crippen molar-refractivity contribution >= 4 is 17.5 Å². The number of rotatable bonds is 4. The normalized spacial score (nSPS) is 9.70. The minimum absolute atomic E-state index is 0.0469. The fourth-order valence-corrected chi connectivity index (χ4v) is 1.55. The molecule has 0 unspecified atom stereocenters. The van der Waals surface area contributed by atoms with E-state index in [-0.39, 0.29) is 24.0 Å². The van der Waals surface area contributed by atoms with Crippen molar-refractivity contribution in [3.05, 3.63) is 39.9 Å². The first-order valence-electron chi connectivity index (χ1n) is 7.25. The van der Waals surface area contributed by atoms with E-state index in [1.54, 1.807) is 44.1 Å². The third-order valence-corrected chi connectivity index (χ3v) is 3.40. The summed E-state index contributed by atoms with van der Waals surface area (Å²) in [5, 5.41) is 10.7. The predicted molar refractivity (Wildman–Crippen MR) is 88.8 cm³/mol. The number of nitro groups is 1. The second kappa shape index (κ2) is 9.55. The van der Waals surface area contributed by atoms with Gasteiger partial charge in [-0.1, -0.05) is 18.2 Å². The number of carbonyl (C=O) groups is 2. The Morgan fingerprint density at radius 1 is 1.13 bits per heavy atom. The van der Waals surface area contributed by atoms with Crippen molar-refractivity contribution < 1.29 is 14.5 Å². The van der Waals surface area contributed by atoms with Crippen LogP contribution in [0.2, 0.25) is 0 Å². The summed E-state index contributed by atoms with van der Waals surface area (Å²) < 4.78 is 0. The van der Waals surface area contributed by atoms with Gasteiger partial charge in [-0.05, 0) is 13.8 Å². The number of nitrogens with zero attached hydrogens (tertiary/aromatic N) is 3. The lowest BCUT2D eigenvalue weighted by molar-refractivity contribution is -0.385. The first-order valence-corrected chi connectivity index (χ1v) is 7.25. The van der Waals surface area contributed by atoms with Crippen molar-refractivity contribution in [3.63, 3.8) is 0 Å². The molecule has 0 aliphatic rings. The molecular formula is C16H25N3O4. The lowest BCUT2D eigenvalue weighted by Gasteiger charge is -2.18. The van der Waals surface area contributed by atoms with E-state index >= 15 is 0 Å². The standard InChI is InChI=1S/C10H12N2O3.C6H13NO/c1-8(13)11(2)7-9-5-3-4-6-10(9)12(14)15;1-5(2)7(4)6(3)8/h3-6H,7H2,1-2H3;5H,1-4H3. The molecule has 1 rings (SSSR count). The van der Waals surface area contributed by atoms with Crippen LogP contribution in [0.5, 0.6) is 0 Å². The van der Waals surface area contributed by atoms with Gasteiger partial charge in [-0.3, -0.25) is 19.7 Å². The van der Waals surface area contributed by atoms with E-state index in [0.717, 1.165) is 0 Å². The second-order valence-electron chi connectivity index (χ2n) is 5.48. The molecule has 1 aromatic rings. The minimum Gasteiger partial charge on any atom is -0.344 e. The Hall–Kier alpha value is -2.44. The molecule has 0 aliphatic heterocycles. The molecule has 0 fully saturated rings. The van der Waals surface area contributed by atoms with Gasteiger partial charge in [0.15, 0.2) is 0 Å². The first kappa shape index (κ1) is 20.6. The summed E-state index contributed by atoms with van der Waals surface area (Å²) >= 11 is 0. The average molecular weight is 323 g/mol. The summed E-state index contributed by atoms with van der Waals surface area (Å²) in [4.78, 5) is 34.9. The van der Waals surface area contributed by atoms with Crippen LogP contribution in [0.15, 0.2) is 24.3 Å². The van der Waals surface area contributed by atoms with E-state index in [1.807, 2.05) is 13.8 Å². The highest BCUT2D eigenvalue weighted by Crippen LogP contribution is 2.18. The summed E-state index contributed by atoms with van der Waals surface area (Å²) in [5.74, 6) is 0.00755. The minimum atomic E-state index is -0.441. The third-order valence-electron chi connectivity index (χ3n) is 3.40. The molecule has 0 spiro atoms. The van der Waals surface area contributed by atoms with Crippen molar-refractivity contribution in [3.8, 4) is 0 Å². The topological polar surface area (TPSA) is 83.8 Å². The van der Waals surface area contributed by atoms with Crippen LogP contribution in [0.25, 0.3) is 0 Å². The first-order chi connectivity index (χ1) is 10.6. The van der Waals surface area contributed by atoms with E-state index in [2.05, 4.69) is 0 Å². The van der Waals surface area contributed by atoms with Gasteiger partial charge in [-0.2, -0.15) is 0 Å². The Bertz CT molecular complexity index is 558. The summed E-state index contributed by atoms with van der Waals surface area (Å²) in [6.45, 7) is 7.23. The average Bonchev–Trinajstić information content (AvgIpc) is 2.46. The van der Waals surface area contributed by atoms with Gasteiger partial charge >= 0.3 is 0 Å². The van der Waals surface area contributed by atoms with Gasteiger partial charge in [0.1, 0.15) is 0 Å². The molecule has 23 heavy (non-hydrogen) atoms. The zero-order chi connectivity index (χ0) is 18.2. The highest BCUT2D eigenvalue weighted by Gasteiger charge is 2.14. The molecule has 1 aromatic carbocycles. The number of hydrogen-bond acceptors (Lipinski definition) is 4. The molecule has 0 radical (unpaired) electrons. The van der Waals surface area contributed by atoms with Crippen LogP contribution < -0.4 is 0 Å². The molecule has 2 amide bonds. The summed E-state index contributed by atoms with van der Waals surface area (Å²) in [7, 11) is 3.41. The highest BCUT2D eigenvalue weighted by molar-refractivity contribution is 5.73. The van der Waals surface area contributed by atoms with E-state index < -0.39 is 4.92 Å². The zero-order valence-corrected chi connectivity index (χ0v) is 14.6. The molecule has 0 N–H and O–H groups in total. The zero-order valence-electron chi connectivity index (χ0n) is 14.6. The van der Waals surface area contributed by atoms with Gasteiger partial charge in [-0.25, -0.2) is 0 Å². The van der Waals surface area contributed by atoms with E-state index in [1.165, 1.54) is 17.9 Å². The van der Waals surface area contributed by atoms with Gasteiger partial charge in [0.25, 0.3) is 5.69 Å². The van der Waals surface area contributed by atoms with Crippen LogP contribution in [0, 0.1) is 10.1 Å². The number of para-hydroxylation sites is 1. The number of carbonyl (C=O) groups excluding carboxylic acids is 2. The van der Waals surface area contributed by atoms with Crippen LogP contribution in [0.1, 0.15) is 33.3 Å². The Labute approximate surface area is 137 Å². The highest BCUT2D eigenvalue weighted by atomic mass is 16.6. The summed E-state index contributed by atoms with van der Waals surface area (Å²) in [6.07, 6.45) is 0. The van der Waals surface area contributed by atoms with Gasteiger partial charge < -0.3 is 9.80 Å². The maximum absolute atomic E-state index is 11.0. The smallest absolute Gasteiger partial charge is 0.274 e. The Balaban J connectivity index is 0.000000515. The van der Waals surface area contributed by atoms with Crippen molar-refractivity contribution in [2.45, 2.75) is 40.3 Å². The number of amides is 2. The van der Waals surface area contributed by atoms with E-state index in [9.17, 15) is 19.7 Å². The number of benzene rings is 1. The van der Waals surface area contributed by atoms with E-state index in [0.29, 0.717) is 11.6 Å². The lowest BCUT2D eigenvalue weighted by atomic mass is 10.1. The van der Waals surface area contributed by atoms with Crippen molar-refractivity contribution in [1.82, 2.24) is 9.80 Å². The fourth-order valence-electron chi connectivity index (χ4n) is 1.55. The molecule has 0 aliphatic carbocycles. The van der Waals surface area contributed by atoms with Crippen LogP contribution in [0.3, 0.4) is 0 Å². The van der Waals surface area contributed by atoms with Crippen molar-refractivity contribution in [1.29, 1.82) is 0 Å². The molecular weight excluding hydrogens is 298 g/mol. The fraction of sp³-hybridized carbons (Fsp3) is 0.500. The maximum Gasteiger partial charge on any atom is 0.274 e. The van der Waals surface area contributed by atoms with Gasteiger partial charge in [0.2, 0.25) is 11.8 Å². The predicted octanol–water partition coefficient (Wildman–Crippen LogP) is 2.45. The SMILES string of the molecule is CC(=O)N(C)C(C)C.CC(=O)N(C)Cc1ccccc1[N+](=O)[O-]. The number of hydrogen-bond donors (Lipinski definition) is 0. The van der Waals surface area contributed by atoms with Crippen molar-refractivity contribution in [2.24, 2.45) is 0 Å². The van der Waals surface area contributed by atoms with Crippen LogP contribution in [-0.4, -0.2) is 46.7 Å². The Kier molecular flexibility index (Phi) is 8.54. The molecule has 0 aromatic heterocycles. The summed E-state index contributed by atoms with van der Waals surface area (Å²) in [5.41, 5.74) is 0.589. The second-order valence-corrected chi connectivity index (χ2v) is 5.48. The molecule has 0 atom stereocenters. The molecule has 0 heterocycles. The largest absolute Gasteiger partial charge is 0.344 e. The van der Waals surface area contributed by atoms with Crippen molar-refractivity contribution in [2.75, 3.05) is 14.1 Å². The van der Waals surface area contributed by atoms with Crippen LogP contribution in [-0.2, 0) is 16.1 Å². The van der Waals surface area contributed by atoms with Gasteiger partial charge in [0.05, 0.1) is 11.5 Å². The van der Waals surface area contributed by atoms with Gasteiger partial charge in [-0.15, -0.1) is 0 Å². The Morgan fingerprint density at radius 2 is 1.65 bits per heavy atom. The van der Waals surface area contributed by atoms with Crippen LogP contribution >= 0.6 is 0 Å². The molecule has 7 nitrogen and oxygen atoms in total. The molecule has 0 saturated carbocycles. The quantitative estimate of drug-likeness (QED) is 0.629. The van der Waals surface area contributed by atoms with E-state index in [4.69, 9.17) is 0 Å². The summed E-state index contributed by atoms with van der Waals surface area (Å²) in [6, 6.07) is 6.74. The molecule has 0 bridgehead atoms.